The maximum absolute atomic E-state index is 9.18. The van der Waals surface area contributed by atoms with E-state index in [4.69, 9.17) is 5.73 Å². The summed E-state index contributed by atoms with van der Waals surface area (Å²) in [5, 5.41) is 9.18. The van der Waals surface area contributed by atoms with Crippen LogP contribution in [0.1, 0.15) is 20.8 Å². The zero-order chi connectivity index (χ0) is 9.02. The van der Waals surface area contributed by atoms with Crippen molar-refractivity contribution in [3.05, 3.63) is 35.3 Å². The van der Waals surface area contributed by atoms with E-state index in [-0.39, 0.29) is 5.76 Å². The first-order chi connectivity index (χ1) is 4.95. The molecule has 0 amide bonds. The molecule has 62 valence electrons. The van der Waals surface area contributed by atoms with Gasteiger partial charge in [-0.3, -0.25) is 0 Å². The van der Waals surface area contributed by atoms with Crippen molar-refractivity contribution in [1.82, 2.24) is 0 Å². The highest BCUT2D eigenvalue weighted by Crippen LogP contribution is 2.08. The van der Waals surface area contributed by atoms with Gasteiger partial charge in [-0.05, 0) is 32.4 Å². The fraction of sp³-hybridized carbons (Fsp3) is 0.333. The molecular weight excluding hydrogens is 138 g/mol. The molecule has 3 N–H and O–H groups in total. The highest BCUT2D eigenvalue weighted by Gasteiger charge is 1.93. The SMILES string of the molecule is C=C(C)/C(C)=C\C(O)=C(\C)N. The van der Waals surface area contributed by atoms with E-state index < -0.39 is 0 Å². The van der Waals surface area contributed by atoms with Gasteiger partial charge >= 0.3 is 0 Å². The summed E-state index contributed by atoms with van der Waals surface area (Å²) in [6.45, 7) is 9.13. The Labute approximate surface area is 67.7 Å². The molecule has 0 aromatic rings. The minimum atomic E-state index is 0.116. The fourth-order valence-electron chi connectivity index (χ4n) is 0.442. The van der Waals surface area contributed by atoms with Crippen molar-refractivity contribution in [3.63, 3.8) is 0 Å². The van der Waals surface area contributed by atoms with Crippen molar-refractivity contribution >= 4 is 0 Å². The first-order valence-electron chi connectivity index (χ1n) is 3.44. The maximum atomic E-state index is 9.18. The van der Waals surface area contributed by atoms with Gasteiger partial charge in [0.2, 0.25) is 0 Å². The molecule has 0 saturated carbocycles. The van der Waals surface area contributed by atoms with Gasteiger partial charge in [-0.2, -0.15) is 0 Å². The molecule has 0 radical (unpaired) electrons. The van der Waals surface area contributed by atoms with Crippen LogP contribution in [0.5, 0.6) is 0 Å². The molecule has 0 heterocycles. The Bertz CT molecular complexity index is 220. The van der Waals surface area contributed by atoms with Gasteiger partial charge in [-0.1, -0.05) is 12.2 Å². The second-order valence-corrected chi connectivity index (χ2v) is 2.68. The smallest absolute Gasteiger partial charge is 0.134 e. The molecule has 0 saturated heterocycles. The molecule has 0 bridgehead atoms. The number of nitrogens with two attached hydrogens (primary N) is 1. The van der Waals surface area contributed by atoms with Crippen LogP contribution in [-0.2, 0) is 0 Å². The molecular formula is C9H15NO. The third kappa shape index (κ3) is 3.50. The summed E-state index contributed by atoms with van der Waals surface area (Å²) in [7, 11) is 0. The van der Waals surface area contributed by atoms with Crippen LogP contribution in [-0.4, -0.2) is 5.11 Å². The zero-order valence-electron chi connectivity index (χ0n) is 7.31. The minimum Gasteiger partial charge on any atom is -0.506 e. The molecule has 0 aliphatic carbocycles. The summed E-state index contributed by atoms with van der Waals surface area (Å²) in [6.07, 6.45) is 1.61. The first kappa shape index (κ1) is 9.82. The van der Waals surface area contributed by atoms with Crippen LogP contribution in [0.2, 0.25) is 0 Å². The number of hydrogen-bond donors (Lipinski definition) is 2. The van der Waals surface area contributed by atoms with Crippen LogP contribution in [0.3, 0.4) is 0 Å². The Morgan fingerprint density at radius 2 is 1.82 bits per heavy atom. The van der Waals surface area contributed by atoms with Crippen molar-refractivity contribution in [2.24, 2.45) is 5.73 Å². The minimum absolute atomic E-state index is 0.116. The predicted molar refractivity (Wildman–Crippen MR) is 48.1 cm³/mol. The van der Waals surface area contributed by atoms with Crippen molar-refractivity contribution in [3.8, 4) is 0 Å². The summed E-state index contributed by atoms with van der Waals surface area (Å²) < 4.78 is 0. The molecule has 0 aliphatic heterocycles. The van der Waals surface area contributed by atoms with Crippen LogP contribution in [0.25, 0.3) is 0 Å². The second-order valence-electron chi connectivity index (χ2n) is 2.68. The fourth-order valence-corrected chi connectivity index (χ4v) is 0.442. The molecule has 0 fully saturated rings. The molecule has 0 aromatic carbocycles. The van der Waals surface area contributed by atoms with Gasteiger partial charge < -0.3 is 10.8 Å². The Kier molecular flexibility index (Phi) is 3.45. The van der Waals surface area contributed by atoms with Gasteiger partial charge in [0.1, 0.15) is 5.76 Å². The lowest BCUT2D eigenvalue weighted by Gasteiger charge is -1.99. The van der Waals surface area contributed by atoms with E-state index in [1.165, 1.54) is 0 Å². The summed E-state index contributed by atoms with van der Waals surface area (Å²) in [6, 6.07) is 0. The van der Waals surface area contributed by atoms with E-state index in [9.17, 15) is 5.11 Å². The van der Waals surface area contributed by atoms with Crippen molar-refractivity contribution in [2.45, 2.75) is 20.8 Å². The average molecular weight is 153 g/mol. The number of aliphatic hydroxyl groups excluding tert-OH is 1. The maximum Gasteiger partial charge on any atom is 0.134 e. The number of aliphatic hydroxyl groups is 1. The largest absolute Gasteiger partial charge is 0.506 e. The molecule has 0 aliphatic rings. The average Bonchev–Trinajstić information content (AvgIpc) is 1.87. The van der Waals surface area contributed by atoms with Gasteiger partial charge in [0, 0.05) is 5.70 Å². The van der Waals surface area contributed by atoms with E-state index >= 15 is 0 Å². The zero-order valence-corrected chi connectivity index (χ0v) is 7.31. The standard InChI is InChI=1S/C9H15NO/c1-6(2)7(3)5-9(11)8(4)10/h5,11H,1,10H2,2-4H3/b7-5-,9-8+. The number of allylic oxidation sites excluding steroid dienone is 4. The molecule has 0 aromatic heterocycles. The highest BCUT2D eigenvalue weighted by molar-refractivity contribution is 5.31. The van der Waals surface area contributed by atoms with Crippen LogP contribution in [0, 0.1) is 0 Å². The van der Waals surface area contributed by atoms with E-state index in [0.717, 1.165) is 11.1 Å². The summed E-state index contributed by atoms with van der Waals surface area (Å²) >= 11 is 0. The highest BCUT2D eigenvalue weighted by atomic mass is 16.3. The lowest BCUT2D eigenvalue weighted by Crippen LogP contribution is -1.96. The monoisotopic (exact) mass is 153 g/mol. The number of rotatable bonds is 2. The predicted octanol–water partition coefficient (Wildman–Crippen LogP) is 2.26. The quantitative estimate of drug-likeness (QED) is 0.472. The third-order valence-electron chi connectivity index (χ3n) is 1.43. The van der Waals surface area contributed by atoms with Gasteiger partial charge in [0.25, 0.3) is 0 Å². The van der Waals surface area contributed by atoms with Crippen LogP contribution in [0.4, 0.5) is 0 Å². The van der Waals surface area contributed by atoms with E-state index in [2.05, 4.69) is 6.58 Å². The van der Waals surface area contributed by atoms with E-state index in [1.807, 2.05) is 13.8 Å². The van der Waals surface area contributed by atoms with Crippen LogP contribution in [0.15, 0.2) is 35.3 Å². The molecule has 2 nitrogen and oxygen atoms in total. The van der Waals surface area contributed by atoms with Crippen molar-refractivity contribution < 1.29 is 5.11 Å². The van der Waals surface area contributed by atoms with Crippen LogP contribution < -0.4 is 5.73 Å². The molecule has 0 rings (SSSR count). The molecule has 0 atom stereocenters. The Balaban J connectivity index is 4.58. The van der Waals surface area contributed by atoms with E-state index in [0.29, 0.717) is 5.70 Å². The Morgan fingerprint density at radius 3 is 2.09 bits per heavy atom. The number of hydrogen-bond acceptors (Lipinski definition) is 2. The third-order valence-corrected chi connectivity index (χ3v) is 1.43. The normalized spacial score (nSPS) is 14.3. The Morgan fingerprint density at radius 1 is 1.36 bits per heavy atom. The second kappa shape index (κ2) is 3.86. The first-order valence-corrected chi connectivity index (χ1v) is 3.44. The summed E-state index contributed by atoms with van der Waals surface area (Å²) in [4.78, 5) is 0. The Hall–Kier alpha value is -1.18. The van der Waals surface area contributed by atoms with Gasteiger partial charge in [0.05, 0.1) is 0 Å². The lowest BCUT2D eigenvalue weighted by molar-refractivity contribution is 0.424. The molecule has 0 spiro atoms. The van der Waals surface area contributed by atoms with Crippen LogP contribution >= 0.6 is 0 Å². The summed E-state index contributed by atoms with van der Waals surface area (Å²) in [5.41, 5.74) is 7.63. The molecule has 0 unspecified atom stereocenters. The topological polar surface area (TPSA) is 46.2 Å². The van der Waals surface area contributed by atoms with Gasteiger partial charge in [-0.15, -0.1) is 0 Å². The van der Waals surface area contributed by atoms with Gasteiger partial charge in [-0.25, -0.2) is 0 Å². The van der Waals surface area contributed by atoms with E-state index in [1.54, 1.807) is 13.0 Å². The van der Waals surface area contributed by atoms with Gasteiger partial charge in [0.15, 0.2) is 0 Å². The molecule has 2 heteroatoms. The van der Waals surface area contributed by atoms with Crippen molar-refractivity contribution in [2.75, 3.05) is 0 Å². The lowest BCUT2D eigenvalue weighted by atomic mass is 10.1. The summed E-state index contributed by atoms with van der Waals surface area (Å²) in [5.74, 6) is 0.116. The molecule has 11 heavy (non-hydrogen) atoms. The van der Waals surface area contributed by atoms with Crippen molar-refractivity contribution in [1.29, 1.82) is 0 Å².